The van der Waals surface area contributed by atoms with E-state index >= 15 is 0 Å². The molecule has 3 heteroatoms. The van der Waals surface area contributed by atoms with Gasteiger partial charge < -0.3 is 9.84 Å². The zero-order valence-corrected chi connectivity index (χ0v) is 15.6. The second-order valence-corrected chi connectivity index (χ2v) is 8.66. The van der Waals surface area contributed by atoms with Gasteiger partial charge in [-0.1, -0.05) is 31.6 Å². The molecule has 3 atom stereocenters. The van der Waals surface area contributed by atoms with Crippen LogP contribution in [0.25, 0.3) is 0 Å². The Hall–Kier alpha value is -1.35. The van der Waals surface area contributed by atoms with Gasteiger partial charge in [0.1, 0.15) is 0 Å². The SMILES string of the molecule is COC(=O)C1(C)CCCC2(C)C1=CC=C1C=C(C(C)(C)O)CCC12. The molecular weight excluding hydrogens is 300 g/mol. The smallest absolute Gasteiger partial charge is 0.315 e. The van der Waals surface area contributed by atoms with E-state index in [0.29, 0.717) is 5.92 Å². The van der Waals surface area contributed by atoms with Crippen molar-refractivity contribution in [1.29, 1.82) is 0 Å². The number of ether oxygens (including phenoxy) is 1. The lowest BCUT2D eigenvalue weighted by molar-refractivity contribution is -0.152. The van der Waals surface area contributed by atoms with Crippen LogP contribution >= 0.6 is 0 Å². The third-order valence-electron chi connectivity index (χ3n) is 6.66. The van der Waals surface area contributed by atoms with Gasteiger partial charge in [-0.25, -0.2) is 0 Å². The maximum atomic E-state index is 12.5. The minimum absolute atomic E-state index is 0.00685. The van der Waals surface area contributed by atoms with E-state index < -0.39 is 11.0 Å². The minimum Gasteiger partial charge on any atom is -0.468 e. The molecule has 3 rings (SSSR count). The standard InChI is InChI=1S/C21H30O3/c1-19(2,23)15-8-9-16-14(13-15)7-10-17-20(16,3)11-6-12-21(17,4)18(22)24-5/h7,10,13,16,23H,6,8-9,11-12H2,1-5H3. The van der Waals surface area contributed by atoms with Crippen molar-refractivity contribution in [3.05, 3.63) is 34.9 Å². The summed E-state index contributed by atoms with van der Waals surface area (Å²) in [5.41, 5.74) is 2.39. The van der Waals surface area contributed by atoms with E-state index in [1.807, 2.05) is 20.8 Å². The molecule has 0 aromatic carbocycles. The number of carbonyl (C=O) groups is 1. The molecule has 3 unspecified atom stereocenters. The molecule has 24 heavy (non-hydrogen) atoms. The highest BCUT2D eigenvalue weighted by molar-refractivity contribution is 5.81. The Balaban J connectivity index is 2.07. The average Bonchev–Trinajstić information content (AvgIpc) is 2.52. The van der Waals surface area contributed by atoms with Crippen LogP contribution in [0.15, 0.2) is 34.9 Å². The molecule has 1 fully saturated rings. The molecular formula is C21H30O3. The molecule has 0 heterocycles. The Kier molecular flexibility index (Phi) is 4.07. The lowest BCUT2D eigenvalue weighted by Gasteiger charge is -2.53. The summed E-state index contributed by atoms with van der Waals surface area (Å²) in [7, 11) is 1.49. The fourth-order valence-corrected chi connectivity index (χ4v) is 5.24. The van der Waals surface area contributed by atoms with E-state index in [0.717, 1.165) is 37.7 Å². The largest absolute Gasteiger partial charge is 0.468 e. The fraction of sp³-hybridized carbons (Fsp3) is 0.667. The van der Waals surface area contributed by atoms with Gasteiger partial charge in [0.25, 0.3) is 0 Å². The maximum absolute atomic E-state index is 12.5. The molecule has 1 saturated carbocycles. The van der Waals surface area contributed by atoms with Gasteiger partial charge >= 0.3 is 5.97 Å². The van der Waals surface area contributed by atoms with Gasteiger partial charge in [0.2, 0.25) is 0 Å². The summed E-state index contributed by atoms with van der Waals surface area (Å²) >= 11 is 0. The highest BCUT2D eigenvalue weighted by atomic mass is 16.5. The molecule has 1 N–H and O–H groups in total. The van der Waals surface area contributed by atoms with Gasteiger partial charge in [0, 0.05) is 0 Å². The van der Waals surface area contributed by atoms with E-state index in [-0.39, 0.29) is 11.4 Å². The molecule has 0 aromatic rings. The molecule has 3 aliphatic carbocycles. The van der Waals surface area contributed by atoms with Crippen molar-refractivity contribution in [2.75, 3.05) is 7.11 Å². The van der Waals surface area contributed by atoms with Crippen LogP contribution in [-0.2, 0) is 9.53 Å². The average molecular weight is 330 g/mol. The van der Waals surface area contributed by atoms with Crippen molar-refractivity contribution in [3.63, 3.8) is 0 Å². The van der Waals surface area contributed by atoms with Crippen LogP contribution in [0.3, 0.4) is 0 Å². The molecule has 0 aliphatic heterocycles. The fourth-order valence-electron chi connectivity index (χ4n) is 5.24. The molecule has 0 amide bonds. The highest BCUT2D eigenvalue weighted by Gasteiger charge is 2.54. The Morgan fingerprint density at radius 3 is 2.62 bits per heavy atom. The molecule has 0 spiro atoms. The first-order valence-corrected chi connectivity index (χ1v) is 9.07. The van der Waals surface area contributed by atoms with Crippen LogP contribution in [-0.4, -0.2) is 23.8 Å². The van der Waals surface area contributed by atoms with Gasteiger partial charge in [-0.3, -0.25) is 4.79 Å². The Labute approximate surface area is 145 Å². The molecule has 0 saturated heterocycles. The monoisotopic (exact) mass is 330 g/mol. The van der Waals surface area contributed by atoms with E-state index in [1.165, 1.54) is 18.3 Å². The van der Waals surface area contributed by atoms with Gasteiger partial charge in [0.05, 0.1) is 18.1 Å². The summed E-state index contributed by atoms with van der Waals surface area (Å²) in [6, 6.07) is 0. The van der Waals surface area contributed by atoms with Crippen LogP contribution < -0.4 is 0 Å². The number of fused-ring (bicyclic) bond motifs is 3. The lowest BCUT2D eigenvalue weighted by Crippen LogP contribution is -2.47. The van der Waals surface area contributed by atoms with Crippen molar-refractivity contribution in [2.24, 2.45) is 16.7 Å². The molecule has 0 bridgehead atoms. The first kappa shape index (κ1) is 17.5. The van der Waals surface area contributed by atoms with Crippen molar-refractivity contribution in [2.45, 2.75) is 65.4 Å². The molecule has 0 aromatic heterocycles. The summed E-state index contributed by atoms with van der Waals surface area (Å²) in [6.07, 6.45) is 11.5. The van der Waals surface area contributed by atoms with E-state index in [2.05, 4.69) is 25.2 Å². The number of methoxy groups -OCH3 is 1. The molecule has 3 nitrogen and oxygen atoms in total. The first-order chi connectivity index (χ1) is 11.1. The summed E-state index contributed by atoms with van der Waals surface area (Å²) in [4.78, 5) is 12.5. The quantitative estimate of drug-likeness (QED) is 0.767. The number of rotatable bonds is 2. The van der Waals surface area contributed by atoms with Crippen molar-refractivity contribution < 1.29 is 14.6 Å². The van der Waals surface area contributed by atoms with Crippen molar-refractivity contribution in [1.82, 2.24) is 0 Å². The molecule has 132 valence electrons. The number of hydrogen-bond donors (Lipinski definition) is 1. The third-order valence-corrected chi connectivity index (χ3v) is 6.66. The van der Waals surface area contributed by atoms with Crippen LogP contribution in [0.2, 0.25) is 0 Å². The van der Waals surface area contributed by atoms with E-state index in [9.17, 15) is 9.90 Å². The summed E-state index contributed by atoms with van der Waals surface area (Å²) in [5.74, 6) is 0.313. The predicted octanol–water partition coefficient (Wildman–Crippen LogP) is 4.33. The van der Waals surface area contributed by atoms with Gasteiger partial charge in [0.15, 0.2) is 0 Å². The highest BCUT2D eigenvalue weighted by Crippen LogP contribution is 2.60. The normalized spacial score (nSPS) is 35.9. The summed E-state index contributed by atoms with van der Waals surface area (Å²) < 4.78 is 5.14. The van der Waals surface area contributed by atoms with Crippen LogP contribution in [0.5, 0.6) is 0 Å². The Bertz CT molecular complexity index is 646. The number of aliphatic hydroxyl groups is 1. The lowest BCUT2D eigenvalue weighted by atomic mass is 9.51. The summed E-state index contributed by atoms with van der Waals surface area (Å²) in [5, 5.41) is 10.3. The zero-order chi connectivity index (χ0) is 17.8. The minimum atomic E-state index is -0.760. The number of allylic oxidation sites excluding steroid dienone is 4. The van der Waals surface area contributed by atoms with Crippen molar-refractivity contribution in [3.8, 4) is 0 Å². The predicted molar refractivity (Wildman–Crippen MR) is 95.4 cm³/mol. The Morgan fingerprint density at radius 1 is 1.29 bits per heavy atom. The number of esters is 1. The van der Waals surface area contributed by atoms with E-state index in [4.69, 9.17) is 4.74 Å². The van der Waals surface area contributed by atoms with Gasteiger partial charge in [-0.15, -0.1) is 0 Å². The molecule has 3 aliphatic rings. The Morgan fingerprint density at radius 2 is 2.00 bits per heavy atom. The third kappa shape index (κ3) is 2.48. The van der Waals surface area contributed by atoms with Crippen molar-refractivity contribution >= 4 is 5.97 Å². The van der Waals surface area contributed by atoms with Crippen LogP contribution in [0.1, 0.15) is 59.8 Å². The van der Waals surface area contributed by atoms with E-state index in [1.54, 1.807) is 0 Å². The first-order valence-electron chi connectivity index (χ1n) is 9.07. The molecule has 0 radical (unpaired) electrons. The second-order valence-electron chi connectivity index (χ2n) is 8.66. The van der Waals surface area contributed by atoms with Gasteiger partial charge in [-0.05, 0) is 74.5 Å². The number of carbonyl (C=O) groups excluding carboxylic acids is 1. The van der Waals surface area contributed by atoms with Crippen LogP contribution in [0, 0.1) is 16.7 Å². The summed E-state index contributed by atoms with van der Waals surface area (Å²) in [6.45, 7) is 8.09. The number of hydrogen-bond acceptors (Lipinski definition) is 3. The van der Waals surface area contributed by atoms with Gasteiger partial charge in [-0.2, -0.15) is 0 Å². The zero-order valence-electron chi connectivity index (χ0n) is 15.6. The maximum Gasteiger partial charge on any atom is 0.315 e. The second kappa shape index (κ2) is 5.59. The topological polar surface area (TPSA) is 46.5 Å². The van der Waals surface area contributed by atoms with Crippen LogP contribution in [0.4, 0.5) is 0 Å².